The van der Waals surface area contributed by atoms with E-state index < -0.39 is 10.0 Å². The zero-order valence-corrected chi connectivity index (χ0v) is 14.9. The summed E-state index contributed by atoms with van der Waals surface area (Å²) in [6.45, 7) is 6.33. The quantitative estimate of drug-likeness (QED) is 0.773. The Morgan fingerprint density at radius 2 is 1.86 bits per heavy atom. The zero-order chi connectivity index (χ0) is 16.9. The van der Waals surface area contributed by atoms with Crippen LogP contribution in [0.2, 0.25) is 0 Å². The maximum atomic E-state index is 12.3. The molecule has 1 aromatic carbocycles. The number of rotatable bonds is 7. The second-order valence-corrected chi connectivity index (χ2v) is 7.64. The van der Waals surface area contributed by atoms with E-state index in [0.29, 0.717) is 12.2 Å². The van der Waals surface area contributed by atoms with Crippen molar-refractivity contribution in [1.82, 2.24) is 4.90 Å². The predicted octanol–water partition coefficient (Wildman–Crippen LogP) is 2.33. The molecule has 22 heavy (non-hydrogen) atoms. The standard InChI is InChI=1S/C16H26N2O3S/c1-6-7-10-17(4)16(19)12-18(22(5,20)21)15-9-8-13(2)11-14(15)3/h8-9,11H,6-7,10,12H2,1-5H3. The third-order valence-corrected chi connectivity index (χ3v) is 4.70. The monoisotopic (exact) mass is 326 g/mol. The van der Waals surface area contributed by atoms with Gasteiger partial charge in [0.15, 0.2) is 0 Å². The number of aryl methyl sites for hydroxylation is 2. The van der Waals surface area contributed by atoms with Gasteiger partial charge in [-0.2, -0.15) is 0 Å². The average molecular weight is 326 g/mol. The molecule has 0 fully saturated rings. The number of carbonyl (C=O) groups is 1. The highest BCUT2D eigenvalue weighted by Crippen LogP contribution is 2.23. The molecule has 0 aliphatic heterocycles. The van der Waals surface area contributed by atoms with Crippen LogP contribution in [-0.2, 0) is 14.8 Å². The van der Waals surface area contributed by atoms with E-state index in [4.69, 9.17) is 0 Å². The Kier molecular flexibility index (Phi) is 6.41. The van der Waals surface area contributed by atoms with E-state index in [-0.39, 0.29) is 12.5 Å². The van der Waals surface area contributed by atoms with Crippen LogP contribution in [0, 0.1) is 13.8 Å². The van der Waals surface area contributed by atoms with Crippen LogP contribution in [0.25, 0.3) is 0 Å². The van der Waals surface area contributed by atoms with Crippen LogP contribution in [0.5, 0.6) is 0 Å². The average Bonchev–Trinajstić information content (AvgIpc) is 2.41. The molecule has 1 amide bonds. The van der Waals surface area contributed by atoms with Gasteiger partial charge in [-0.3, -0.25) is 9.10 Å². The van der Waals surface area contributed by atoms with Crippen molar-refractivity contribution >= 4 is 21.6 Å². The summed E-state index contributed by atoms with van der Waals surface area (Å²) in [6.07, 6.45) is 3.03. The molecular formula is C16H26N2O3S. The number of benzene rings is 1. The van der Waals surface area contributed by atoms with Gasteiger partial charge in [0.2, 0.25) is 15.9 Å². The molecule has 0 bridgehead atoms. The highest BCUT2D eigenvalue weighted by atomic mass is 32.2. The first-order chi connectivity index (χ1) is 10.2. The Labute approximate surface area is 134 Å². The van der Waals surface area contributed by atoms with Gasteiger partial charge in [0.25, 0.3) is 0 Å². The Morgan fingerprint density at radius 1 is 1.23 bits per heavy atom. The lowest BCUT2D eigenvalue weighted by atomic mass is 10.1. The van der Waals surface area contributed by atoms with Gasteiger partial charge in [-0.05, 0) is 31.9 Å². The third kappa shape index (κ3) is 5.02. The first-order valence-electron chi connectivity index (χ1n) is 7.45. The number of nitrogens with zero attached hydrogens (tertiary/aromatic N) is 2. The SMILES string of the molecule is CCCCN(C)C(=O)CN(c1ccc(C)cc1C)S(C)(=O)=O. The summed E-state index contributed by atoms with van der Waals surface area (Å²) >= 11 is 0. The first-order valence-corrected chi connectivity index (χ1v) is 9.30. The highest BCUT2D eigenvalue weighted by Gasteiger charge is 2.23. The maximum Gasteiger partial charge on any atom is 0.243 e. The zero-order valence-electron chi connectivity index (χ0n) is 14.1. The van der Waals surface area contributed by atoms with Crippen LogP contribution in [0.3, 0.4) is 0 Å². The molecule has 0 saturated heterocycles. The number of hydrogen-bond acceptors (Lipinski definition) is 3. The van der Waals surface area contributed by atoms with Gasteiger partial charge in [-0.15, -0.1) is 0 Å². The van der Waals surface area contributed by atoms with Crippen molar-refractivity contribution in [2.75, 3.05) is 30.7 Å². The van der Waals surface area contributed by atoms with Gasteiger partial charge in [0.1, 0.15) is 6.54 Å². The van der Waals surface area contributed by atoms with E-state index in [0.717, 1.165) is 30.2 Å². The molecule has 0 saturated carbocycles. The molecule has 0 radical (unpaired) electrons. The van der Waals surface area contributed by atoms with Gasteiger partial charge in [-0.25, -0.2) is 8.42 Å². The Balaban J connectivity index is 3.03. The van der Waals surface area contributed by atoms with Crippen molar-refractivity contribution in [3.8, 4) is 0 Å². The largest absolute Gasteiger partial charge is 0.344 e. The van der Waals surface area contributed by atoms with Gasteiger partial charge < -0.3 is 4.90 Å². The molecule has 5 nitrogen and oxygen atoms in total. The summed E-state index contributed by atoms with van der Waals surface area (Å²) in [5, 5.41) is 0. The molecule has 0 N–H and O–H groups in total. The van der Waals surface area contributed by atoms with Crippen molar-refractivity contribution in [1.29, 1.82) is 0 Å². The molecule has 1 aromatic rings. The molecule has 1 rings (SSSR count). The van der Waals surface area contributed by atoms with Gasteiger partial charge in [0, 0.05) is 13.6 Å². The number of hydrogen-bond donors (Lipinski definition) is 0. The van der Waals surface area contributed by atoms with Crippen LogP contribution in [-0.4, -0.2) is 45.6 Å². The van der Waals surface area contributed by atoms with Crippen LogP contribution in [0.1, 0.15) is 30.9 Å². The lowest BCUT2D eigenvalue weighted by molar-refractivity contribution is -0.128. The van der Waals surface area contributed by atoms with Crippen LogP contribution in [0.4, 0.5) is 5.69 Å². The summed E-state index contributed by atoms with van der Waals surface area (Å²) < 4.78 is 25.4. The summed E-state index contributed by atoms with van der Waals surface area (Å²) in [7, 11) is -1.81. The molecule has 0 aliphatic carbocycles. The summed E-state index contributed by atoms with van der Waals surface area (Å²) in [6, 6.07) is 5.52. The van der Waals surface area contributed by atoms with E-state index >= 15 is 0 Å². The van der Waals surface area contributed by atoms with Gasteiger partial charge in [0.05, 0.1) is 11.9 Å². The highest BCUT2D eigenvalue weighted by molar-refractivity contribution is 7.92. The lowest BCUT2D eigenvalue weighted by Crippen LogP contribution is -2.41. The third-order valence-electron chi connectivity index (χ3n) is 3.57. The molecule has 0 aliphatic rings. The smallest absolute Gasteiger partial charge is 0.243 e. The van der Waals surface area contributed by atoms with E-state index in [1.165, 1.54) is 4.31 Å². The Hall–Kier alpha value is -1.56. The minimum Gasteiger partial charge on any atom is -0.344 e. The molecular weight excluding hydrogens is 300 g/mol. The van der Waals surface area contributed by atoms with Crippen LogP contribution in [0.15, 0.2) is 18.2 Å². The number of amides is 1. The molecule has 124 valence electrons. The molecule has 0 spiro atoms. The minimum absolute atomic E-state index is 0.164. The second-order valence-electron chi connectivity index (χ2n) is 5.73. The summed E-state index contributed by atoms with van der Waals surface area (Å²) in [4.78, 5) is 13.9. The van der Waals surface area contributed by atoms with Crippen molar-refractivity contribution < 1.29 is 13.2 Å². The number of carbonyl (C=O) groups excluding carboxylic acids is 1. The number of unbranched alkanes of at least 4 members (excludes halogenated alkanes) is 1. The molecule has 0 heterocycles. The number of sulfonamides is 1. The fourth-order valence-electron chi connectivity index (χ4n) is 2.23. The minimum atomic E-state index is -3.52. The number of likely N-dealkylation sites (N-methyl/N-ethyl adjacent to an activating group) is 1. The van der Waals surface area contributed by atoms with Crippen LogP contribution >= 0.6 is 0 Å². The molecule has 0 aromatic heterocycles. The number of anilines is 1. The normalized spacial score (nSPS) is 11.3. The summed E-state index contributed by atoms with van der Waals surface area (Å²) in [5.41, 5.74) is 2.46. The van der Waals surface area contributed by atoms with Crippen LogP contribution < -0.4 is 4.31 Å². The second kappa shape index (κ2) is 7.63. The maximum absolute atomic E-state index is 12.3. The van der Waals surface area contributed by atoms with Crippen molar-refractivity contribution in [2.24, 2.45) is 0 Å². The van der Waals surface area contributed by atoms with Crippen molar-refractivity contribution in [3.63, 3.8) is 0 Å². The van der Waals surface area contributed by atoms with E-state index in [1.807, 2.05) is 26.0 Å². The van der Waals surface area contributed by atoms with Crippen molar-refractivity contribution in [3.05, 3.63) is 29.3 Å². The van der Waals surface area contributed by atoms with E-state index in [1.54, 1.807) is 18.0 Å². The molecule has 6 heteroatoms. The summed E-state index contributed by atoms with van der Waals surface area (Å²) in [5.74, 6) is -0.196. The topological polar surface area (TPSA) is 57.7 Å². The van der Waals surface area contributed by atoms with Crippen molar-refractivity contribution in [2.45, 2.75) is 33.6 Å². The first kappa shape index (κ1) is 18.5. The fourth-order valence-corrected chi connectivity index (χ4v) is 3.14. The van der Waals surface area contributed by atoms with Gasteiger partial charge >= 0.3 is 0 Å². The fraction of sp³-hybridized carbons (Fsp3) is 0.562. The Morgan fingerprint density at radius 3 is 2.36 bits per heavy atom. The van der Waals surface area contributed by atoms with E-state index in [9.17, 15) is 13.2 Å². The lowest BCUT2D eigenvalue weighted by Gasteiger charge is -2.26. The van der Waals surface area contributed by atoms with E-state index in [2.05, 4.69) is 6.92 Å². The predicted molar refractivity (Wildman–Crippen MR) is 90.7 cm³/mol. The molecule has 0 atom stereocenters. The Bertz CT molecular complexity index is 626. The molecule has 0 unspecified atom stereocenters. The van der Waals surface area contributed by atoms with Gasteiger partial charge in [-0.1, -0.05) is 31.0 Å².